The van der Waals surface area contributed by atoms with Crippen LogP contribution in [0.4, 0.5) is 5.69 Å². The van der Waals surface area contributed by atoms with Crippen molar-refractivity contribution in [3.8, 4) is 0 Å². The van der Waals surface area contributed by atoms with Crippen molar-refractivity contribution in [2.24, 2.45) is 0 Å². The van der Waals surface area contributed by atoms with Gasteiger partial charge in [-0.1, -0.05) is 60.2 Å². The van der Waals surface area contributed by atoms with Gasteiger partial charge in [-0.3, -0.25) is 0 Å². The van der Waals surface area contributed by atoms with E-state index in [2.05, 4.69) is 95.7 Å². The summed E-state index contributed by atoms with van der Waals surface area (Å²) in [6, 6.07) is 28.9. The van der Waals surface area contributed by atoms with Crippen LogP contribution in [-0.4, -0.2) is 4.57 Å². The van der Waals surface area contributed by atoms with Gasteiger partial charge in [0.2, 0.25) is 0 Å². The van der Waals surface area contributed by atoms with Crippen LogP contribution < -0.4 is 5.32 Å². The number of fused-ring (bicyclic) bond motifs is 4. The summed E-state index contributed by atoms with van der Waals surface area (Å²) in [5.74, 6) is 0. The molecule has 26 heavy (non-hydrogen) atoms. The highest BCUT2D eigenvalue weighted by Crippen LogP contribution is 2.35. The number of nitrogens with zero attached hydrogens (tertiary/aromatic N) is 1. The van der Waals surface area contributed by atoms with E-state index in [1.54, 1.807) is 0 Å². The summed E-state index contributed by atoms with van der Waals surface area (Å²) in [4.78, 5) is 0. The second-order valence-corrected chi connectivity index (χ2v) is 7.26. The Kier molecular flexibility index (Phi) is 3.56. The first-order chi connectivity index (χ1) is 12.8. The standard InChI is InChI=1S/C24H22N2/c1-17-11-12-23-20(13-17)15-24-22(14-18-7-3-2-4-8-18)25-21-10-6-5-9-19(21)16-26(23)24/h2-13,15,22,25H,14,16H2,1H3. The van der Waals surface area contributed by atoms with Gasteiger partial charge < -0.3 is 9.88 Å². The maximum atomic E-state index is 3.82. The Bertz CT molecular complexity index is 1080. The molecule has 128 valence electrons. The summed E-state index contributed by atoms with van der Waals surface area (Å²) in [5.41, 5.74) is 7.95. The molecule has 1 unspecified atom stereocenters. The van der Waals surface area contributed by atoms with Gasteiger partial charge in [-0.25, -0.2) is 0 Å². The number of para-hydroxylation sites is 1. The SMILES string of the molecule is Cc1ccc2c(c1)cc1n2Cc2ccccc2NC1Cc1ccccc1. The Balaban J connectivity index is 1.68. The van der Waals surface area contributed by atoms with Crippen LogP contribution in [-0.2, 0) is 13.0 Å². The lowest BCUT2D eigenvalue weighted by atomic mass is 10.0. The number of rotatable bonds is 2. The van der Waals surface area contributed by atoms with Gasteiger partial charge in [-0.05, 0) is 48.7 Å². The van der Waals surface area contributed by atoms with Gasteiger partial charge in [0.25, 0.3) is 0 Å². The minimum atomic E-state index is 0.258. The topological polar surface area (TPSA) is 17.0 Å². The monoisotopic (exact) mass is 338 g/mol. The Hall–Kier alpha value is -3.00. The molecular weight excluding hydrogens is 316 g/mol. The molecule has 0 amide bonds. The van der Waals surface area contributed by atoms with Gasteiger partial charge in [0, 0.05) is 28.8 Å². The molecule has 0 saturated heterocycles. The molecule has 2 nitrogen and oxygen atoms in total. The van der Waals surface area contributed by atoms with Crippen molar-refractivity contribution >= 4 is 16.6 Å². The van der Waals surface area contributed by atoms with Gasteiger partial charge >= 0.3 is 0 Å². The molecular formula is C24H22N2. The van der Waals surface area contributed by atoms with Gasteiger partial charge in [0.15, 0.2) is 0 Å². The first-order valence-corrected chi connectivity index (χ1v) is 9.26. The maximum Gasteiger partial charge on any atom is 0.0706 e. The minimum Gasteiger partial charge on any atom is -0.376 e. The summed E-state index contributed by atoms with van der Waals surface area (Å²) < 4.78 is 2.49. The Morgan fingerprint density at radius 2 is 1.73 bits per heavy atom. The highest BCUT2D eigenvalue weighted by atomic mass is 15.1. The van der Waals surface area contributed by atoms with Crippen molar-refractivity contribution in [2.45, 2.75) is 25.9 Å². The Labute approximate surface area is 154 Å². The van der Waals surface area contributed by atoms with Crippen LogP contribution in [0.3, 0.4) is 0 Å². The van der Waals surface area contributed by atoms with E-state index in [-0.39, 0.29) is 6.04 Å². The number of benzene rings is 3. The lowest BCUT2D eigenvalue weighted by Crippen LogP contribution is -2.15. The molecule has 2 heterocycles. The van der Waals surface area contributed by atoms with Crippen molar-refractivity contribution in [3.63, 3.8) is 0 Å². The van der Waals surface area contributed by atoms with Crippen LogP contribution in [0.1, 0.15) is 28.4 Å². The number of hydrogen-bond donors (Lipinski definition) is 1. The molecule has 0 spiro atoms. The zero-order valence-corrected chi connectivity index (χ0v) is 14.9. The summed E-state index contributed by atoms with van der Waals surface area (Å²) in [6.45, 7) is 3.08. The Morgan fingerprint density at radius 1 is 0.923 bits per heavy atom. The second kappa shape index (κ2) is 6.06. The quantitative estimate of drug-likeness (QED) is 0.495. The smallest absolute Gasteiger partial charge is 0.0706 e. The van der Waals surface area contributed by atoms with Crippen LogP contribution in [0, 0.1) is 6.92 Å². The third-order valence-electron chi connectivity index (χ3n) is 5.40. The van der Waals surface area contributed by atoms with Crippen molar-refractivity contribution in [2.75, 3.05) is 5.32 Å². The summed E-state index contributed by atoms with van der Waals surface area (Å²) in [5, 5.41) is 5.15. The number of aryl methyl sites for hydroxylation is 1. The van der Waals surface area contributed by atoms with E-state index in [0.717, 1.165) is 13.0 Å². The van der Waals surface area contributed by atoms with Crippen molar-refractivity contribution in [1.82, 2.24) is 4.57 Å². The van der Waals surface area contributed by atoms with Gasteiger partial charge in [-0.15, -0.1) is 0 Å². The molecule has 1 atom stereocenters. The zero-order chi connectivity index (χ0) is 17.5. The number of nitrogens with one attached hydrogen (secondary N) is 1. The van der Waals surface area contributed by atoms with Gasteiger partial charge in [-0.2, -0.15) is 0 Å². The third kappa shape index (κ3) is 2.59. The molecule has 0 radical (unpaired) electrons. The van der Waals surface area contributed by atoms with Crippen LogP contribution in [0.5, 0.6) is 0 Å². The molecule has 0 bridgehead atoms. The lowest BCUT2D eigenvalue weighted by Gasteiger charge is -2.19. The molecule has 3 aromatic carbocycles. The highest BCUT2D eigenvalue weighted by molar-refractivity contribution is 5.83. The molecule has 1 aromatic heterocycles. The molecule has 1 aliphatic heterocycles. The summed E-state index contributed by atoms with van der Waals surface area (Å²) in [7, 11) is 0. The number of hydrogen-bond acceptors (Lipinski definition) is 1. The lowest BCUT2D eigenvalue weighted by molar-refractivity contribution is 0.695. The predicted octanol–water partition coefficient (Wildman–Crippen LogP) is 5.71. The minimum absolute atomic E-state index is 0.258. The van der Waals surface area contributed by atoms with E-state index in [0.29, 0.717) is 0 Å². The van der Waals surface area contributed by atoms with Gasteiger partial charge in [0.05, 0.1) is 6.04 Å². The van der Waals surface area contributed by atoms with Crippen molar-refractivity contribution < 1.29 is 0 Å². The van der Waals surface area contributed by atoms with E-state index in [4.69, 9.17) is 0 Å². The average molecular weight is 338 g/mol. The molecule has 0 fully saturated rings. The van der Waals surface area contributed by atoms with Gasteiger partial charge in [0.1, 0.15) is 0 Å². The van der Waals surface area contributed by atoms with Crippen molar-refractivity contribution in [1.29, 1.82) is 0 Å². The molecule has 0 saturated carbocycles. The number of aromatic nitrogens is 1. The molecule has 4 aromatic rings. The fourth-order valence-electron chi connectivity index (χ4n) is 4.11. The van der Waals surface area contributed by atoms with Crippen LogP contribution in [0.15, 0.2) is 78.9 Å². The highest BCUT2D eigenvalue weighted by Gasteiger charge is 2.23. The summed E-state index contributed by atoms with van der Waals surface area (Å²) in [6.07, 6.45) is 0.977. The first-order valence-electron chi connectivity index (χ1n) is 9.26. The van der Waals surface area contributed by atoms with Crippen molar-refractivity contribution in [3.05, 3.63) is 101 Å². The average Bonchev–Trinajstić information content (AvgIpc) is 2.93. The maximum absolute atomic E-state index is 3.82. The largest absolute Gasteiger partial charge is 0.376 e. The number of anilines is 1. The molecule has 1 aliphatic rings. The van der Waals surface area contributed by atoms with E-state index >= 15 is 0 Å². The van der Waals surface area contributed by atoms with E-state index in [1.807, 2.05) is 0 Å². The predicted molar refractivity (Wildman–Crippen MR) is 109 cm³/mol. The van der Waals surface area contributed by atoms with E-state index in [9.17, 15) is 0 Å². The molecule has 2 heteroatoms. The third-order valence-corrected chi connectivity index (χ3v) is 5.40. The van der Waals surface area contributed by atoms with Crippen LogP contribution in [0.25, 0.3) is 10.9 Å². The Morgan fingerprint density at radius 3 is 2.62 bits per heavy atom. The fraction of sp³-hybridized carbons (Fsp3) is 0.167. The molecule has 5 rings (SSSR count). The normalized spacial score (nSPS) is 15.8. The van der Waals surface area contributed by atoms with Crippen LogP contribution in [0.2, 0.25) is 0 Å². The second-order valence-electron chi connectivity index (χ2n) is 7.26. The summed E-state index contributed by atoms with van der Waals surface area (Å²) >= 11 is 0. The van der Waals surface area contributed by atoms with Crippen LogP contribution >= 0.6 is 0 Å². The molecule has 1 N–H and O–H groups in total. The first kappa shape index (κ1) is 15.3. The van der Waals surface area contributed by atoms with E-state index in [1.165, 1.54) is 39.0 Å². The molecule has 0 aliphatic carbocycles. The zero-order valence-electron chi connectivity index (χ0n) is 14.9. The van der Waals surface area contributed by atoms with E-state index < -0.39 is 0 Å². The fourth-order valence-corrected chi connectivity index (χ4v) is 4.11.